The average Bonchev–Trinajstić information content (AvgIpc) is 3.54. The van der Waals surface area contributed by atoms with Crippen LogP contribution >= 0.6 is 0 Å². The molecule has 1 amide bonds. The second-order valence-electron chi connectivity index (χ2n) is 8.25. The molecule has 3 rings (SSSR count). The molecule has 1 saturated heterocycles. The van der Waals surface area contributed by atoms with Crippen LogP contribution in [0.4, 0.5) is 0 Å². The number of carbonyl (C=O) groups excluding carboxylic acids is 1. The molecule has 0 bridgehead atoms. The molecule has 29 heavy (non-hydrogen) atoms. The van der Waals surface area contributed by atoms with Crippen molar-refractivity contribution in [2.45, 2.75) is 64.1 Å². The fraction of sp³-hybridized carbons (Fsp3) is 0.583. The number of hydrogen-bond donors (Lipinski definition) is 0. The molecule has 5 heteroatoms. The third kappa shape index (κ3) is 5.99. The van der Waals surface area contributed by atoms with Crippen molar-refractivity contribution >= 4 is 5.91 Å². The largest absolute Gasteiger partial charge is 0.320 e. The summed E-state index contributed by atoms with van der Waals surface area (Å²) >= 11 is 0. The van der Waals surface area contributed by atoms with Crippen LogP contribution in [0.15, 0.2) is 23.1 Å². The highest BCUT2D eigenvalue weighted by molar-refractivity contribution is 5.76. The van der Waals surface area contributed by atoms with Crippen LogP contribution in [-0.4, -0.2) is 46.0 Å². The number of amides is 1. The first kappa shape index (κ1) is 21.2. The predicted octanol–water partition coefficient (Wildman–Crippen LogP) is 2.49. The van der Waals surface area contributed by atoms with Gasteiger partial charge in [0.25, 0.3) is 5.56 Å². The minimum absolute atomic E-state index is 0.0120. The van der Waals surface area contributed by atoms with E-state index in [0.29, 0.717) is 24.9 Å². The van der Waals surface area contributed by atoms with E-state index < -0.39 is 0 Å². The lowest BCUT2D eigenvalue weighted by Gasteiger charge is -2.36. The molecular weight excluding hydrogens is 362 g/mol. The molecule has 5 nitrogen and oxygen atoms in total. The summed E-state index contributed by atoms with van der Waals surface area (Å²) in [5.74, 6) is 5.69. The van der Waals surface area contributed by atoms with Gasteiger partial charge in [0.2, 0.25) is 5.91 Å². The Morgan fingerprint density at radius 2 is 1.93 bits per heavy atom. The molecule has 1 aliphatic heterocycles. The quantitative estimate of drug-likeness (QED) is 0.606. The number of likely N-dealkylation sites (tertiary alicyclic amines) is 1. The lowest BCUT2D eigenvalue weighted by Crippen LogP contribution is -2.41. The van der Waals surface area contributed by atoms with E-state index in [1.165, 1.54) is 12.8 Å². The van der Waals surface area contributed by atoms with Gasteiger partial charge in [-0.1, -0.05) is 24.3 Å². The average molecular weight is 394 g/mol. The maximum Gasteiger partial charge on any atom is 0.255 e. The molecule has 2 heterocycles. The first-order chi connectivity index (χ1) is 14.1. The molecule has 1 atom stereocenters. The zero-order chi connectivity index (χ0) is 20.6. The van der Waals surface area contributed by atoms with E-state index in [4.69, 9.17) is 12.8 Å². The summed E-state index contributed by atoms with van der Waals surface area (Å²) in [5.41, 5.74) is 0.988. The number of carbonyl (C=O) groups is 1. The minimum Gasteiger partial charge on any atom is -0.320 e. The molecule has 0 radical (unpaired) electrons. The Kier molecular flexibility index (Phi) is 7.55. The number of hydrogen-bond acceptors (Lipinski definition) is 3. The van der Waals surface area contributed by atoms with Gasteiger partial charge in [0, 0.05) is 37.3 Å². The molecule has 154 valence electrons. The van der Waals surface area contributed by atoms with E-state index in [2.05, 4.69) is 16.7 Å². The van der Waals surface area contributed by atoms with E-state index in [1.807, 2.05) is 22.9 Å². The Morgan fingerprint density at radius 3 is 2.62 bits per heavy atom. The van der Waals surface area contributed by atoms with Crippen LogP contribution in [0.1, 0.15) is 50.5 Å². The molecule has 1 aromatic rings. The molecule has 0 N–H and O–H groups in total. The molecule has 0 spiro atoms. The van der Waals surface area contributed by atoms with Gasteiger partial charge >= 0.3 is 0 Å². The van der Waals surface area contributed by atoms with Crippen molar-refractivity contribution in [3.05, 3.63) is 34.2 Å². The summed E-state index contributed by atoms with van der Waals surface area (Å²) in [6.07, 6.45) is 19.6. The van der Waals surface area contributed by atoms with Gasteiger partial charge < -0.3 is 9.47 Å². The fourth-order valence-electron chi connectivity index (χ4n) is 4.14. The van der Waals surface area contributed by atoms with Crippen LogP contribution in [0, 0.1) is 30.6 Å². The van der Waals surface area contributed by atoms with E-state index in [0.717, 1.165) is 44.3 Å². The zero-order valence-corrected chi connectivity index (χ0v) is 17.2. The Morgan fingerprint density at radius 1 is 1.17 bits per heavy atom. The van der Waals surface area contributed by atoms with Gasteiger partial charge in [-0.25, -0.2) is 0 Å². The number of pyridine rings is 1. The monoisotopic (exact) mass is 393 g/mol. The van der Waals surface area contributed by atoms with Crippen molar-refractivity contribution < 1.29 is 4.79 Å². The molecule has 1 saturated carbocycles. The summed E-state index contributed by atoms with van der Waals surface area (Å²) in [6, 6.07) is 4.24. The van der Waals surface area contributed by atoms with E-state index in [-0.39, 0.29) is 24.6 Å². The van der Waals surface area contributed by atoms with Crippen LogP contribution in [0.2, 0.25) is 0 Å². The lowest BCUT2D eigenvalue weighted by atomic mass is 9.97. The van der Waals surface area contributed by atoms with Crippen molar-refractivity contribution in [3.8, 4) is 24.7 Å². The van der Waals surface area contributed by atoms with Crippen molar-refractivity contribution in [2.75, 3.05) is 19.6 Å². The van der Waals surface area contributed by atoms with E-state index >= 15 is 0 Å². The van der Waals surface area contributed by atoms with Crippen LogP contribution in [0.3, 0.4) is 0 Å². The van der Waals surface area contributed by atoms with Gasteiger partial charge in [-0.2, -0.15) is 0 Å². The summed E-state index contributed by atoms with van der Waals surface area (Å²) < 4.78 is 1.87. The number of rotatable bonds is 9. The third-order valence-corrected chi connectivity index (χ3v) is 5.98. The Balaban J connectivity index is 1.61. The first-order valence-electron chi connectivity index (χ1n) is 10.7. The maximum atomic E-state index is 12.8. The number of nitrogens with zero attached hydrogens (tertiary/aromatic N) is 3. The highest BCUT2D eigenvalue weighted by Gasteiger charge is 2.26. The summed E-state index contributed by atoms with van der Waals surface area (Å²) in [6.45, 7) is 2.96. The smallest absolute Gasteiger partial charge is 0.255 e. The van der Waals surface area contributed by atoms with Crippen molar-refractivity contribution in [1.82, 2.24) is 14.4 Å². The normalized spacial score (nSPS) is 19.3. The van der Waals surface area contributed by atoms with Gasteiger partial charge in [0.1, 0.15) is 0 Å². The van der Waals surface area contributed by atoms with Crippen LogP contribution in [0.25, 0.3) is 0 Å². The minimum atomic E-state index is 0.0120. The van der Waals surface area contributed by atoms with Crippen molar-refractivity contribution in [1.29, 1.82) is 0 Å². The second-order valence-corrected chi connectivity index (χ2v) is 8.25. The maximum absolute atomic E-state index is 12.8. The number of piperidine rings is 1. The highest BCUT2D eigenvalue weighted by atomic mass is 16.2. The predicted molar refractivity (Wildman–Crippen MR) is 115 cm³/mol. The molecule has 0 aromatic carbocycles. The third-order valence-electron chi connectivity index (χ3n) is 5.98. The lowest BCUT2D eigenvalue weighted by molar-refractivity contribution is -0.130. The topological polar surface area (TPSA) is 45.6 Å². The number of aromatic nitrogens is 1. The van der Waals surface area contributed by atoms with Crippen LogP contribution < -0.4 is 5.56 Å². The molecule has 2 fully saturated rings. The summed E-state index contributed by atoms with van der Waals surface area (Å²) in [7, 11) is 0. The Labute approximate surface area is 174 Å². The fourth-order valence-corrected chi connectivity index (χ4v) is 4.14. The Bertz CT molecular complexity index is 825. The second kappa shape index (κ2) is 10.3. The highest BCUT2D eigenvalue weighted by Crippen LogP contribution is 2.30. The molecule has 1 unspecified atom stereocenters. The van der Waals surface area contributed by atoms with Gasteiger partial charge in [0.15, 0.2) is 0 Å². The zero-order valence-electron chi connectivity index (χ0n) is 17.2. The van der Waals surface area contributed by atoms with Crippen LogP contribution in [0.5, 0.6) is 0 Å². The van der Waals surface area contributed by atoms with Gasteiger partial charge in [0.05, 0.1) is 13.1 Å². The summed E-state index contributed by atoms with van der Waals surface area (Å²) in [4.78, 5) is 29.3. The standard InChI is InChI=1S/C24H31N3O2/c1-3-14-25(15-4-2)23(28)13-12-22-9-5-6-16-26(22)19-21-8-7-17-27(24(21)29)18-20-10-11-20/h1-2,7-8,17,20,22H,5-6,9-16,18-19H2. The van der Waals surface area contributed by atoms with Crippen molar-refractivity contribution in [2.24, 2.45) is 5.92 Å². The van der Waals surface area contributed by atoms with E-state index in [9.17, 15) is 9.59 Å². The molecule has 2 aliphatic rings. The molecular formula is C24H31N3O2. The molecule has 1 aliphatic carbocycles. The first-order valence-corrected chi connectivity index (χ1v) is 10.7. The summed E-state index contributed by atoms with van der Waals surface area (Å²) in [5, 5.41) is 0. The Hall–Kier alpha value is -2.50. The number of terminal acetylenes is 2. The molecule has 1 aromatic heterocycles. The van der Waals surface area contributed by atoms with Crippen LogP contribution in [-0.2, 0) is 17.9 Å². The van der Waals surface area contributed by atoms with Crippen molar-refractivity contribution in [3.63, 3.8) is 0 Å². The van der Waals surface area contributed by atoms with Gasteiger partial charge in [-0.3, -0.25) is 14.5 Å². The SMILES string of the molecule is C#CCN(CC#C)C(=O)CCC1CCCCN1Cc1cccn(CC2CC2)c1=O. The van der Waals surface area contributed by atoms with Gasteiger partial charge in [-0.15, -0.1) is 12.8 Å². The van der Waals surface area contributed by atoms with E-state index in [1.54, 1.807) is 4.90 Å². The van der Waals surface area contributed by atoms with Gasteiger partial charge in [-0.05, 0) is 50.6 Å².